The second-order valence-corrected chi connectivity index (χ2v) is 6.43. The molecule has 0 aromatic heterocycles. The molecule has 0 unspecified atom stereocenters. The van der Waals surface area contributed by atoms with Gasteiger partial charge in [-0.15, -0.1) is 0 Å². The molecule has 1 saturated heterocycles. The van der Waals surface area contributed by atoms with Crippen LogP contribution in [0.3, 0.4) is 0 Å². The van der Waals surface area contributed by atoms with Gasteiger partial charge in [0.1, 0.15) is 0 Å². The maximum atomic E-state index is 12.6. The van der Waals surface area contributed by atoms with Crippen LogP contribution < -0.4 is 9.47 Å². The van der Waals surface area contributed by atoms with E-state index in [0.29, 0.717) is 30.2 Å². The first-order valence-corrected chi connectivity index (χ1v) is 8.56. The molecule has 2 atom stereocenters. The molecule has 1 amide bonds. The van der Waals surface area contributed by atoms with Gasteiger partial charge in [-0.1, -0.05) is 6.07 Å². The Bertz CT molecular complexity index is 750. The number of nitrogens with zero attached hydrogens (tertiary/aromatic N) is 1. The number of hydrogen-bond acceptors (Lipinski definition) is 6. The molecule has 0 bridgehead atoms. The summed E-state index contributed by atoms with van der Waals surface area (Å²) < 4.78 is 16.2. The van der Waals surface area contributed by atoms with Gasteiger partial charge < -0.3 is 24.2 Å². The number of carbonyl (C=O) groups is 2. The number of aliphatic hydroxyl groups is 1. The van der Waals surface area contributed by atoms with Crippen molar-refractivity contribution >= 4 is 11.7 Å². The van der Waals surface area contributed by atoms with Crippen LogP contribution in [0.4, 0.5) is 0 Å². The zero-order valence-electron chi connectivity index (χ0n) is 15.2. The molecule has 1 N–H and O–H groups in total. The van der Waals surface area contributed by atoms with E-state index in [9.17, 15) is 14.7 Å². The van der Waals surface area contributed by atoms with Crippen molar-refractivity contribution in [3.63, 3.8) is 0 Å². The van der Waals surface area contributed by atoms with Gasteiger partial charge in [-0.2, -0.15) is 0 Å². The van der Waals surface area contributed by atoms with E-state index in [2.05, 4.69) is 0 Å². The highest BCUT2D eigenvalue weighted by Gasteiger charge is 2.43. The van der Waals surface area contributed by atoms with E-state index in [1.165, 1.54) is 26.0 Å². The molecular weight excluding hydrogens is 338 g/mol. The maximum Gasteiger partial charge on any atom is 0.290 e. The van der Waals surface area contributed by atoms with E-state index in [4.69, 9.17) is 14.2 Å². The number of amides is 1. The van der Waals surface area contributed by atoms with Crippen molar-refractivity contribution in [1.82, 2.24) is 4.90 Å². The predicted molar refractivity (Wildman–Crippen MR) is 93.3 cm³/mol. The van der Waals surface area contributed by atoms with E-state index in [0.717, 1.165) is 12.8 Å². The molecule has 2 heterocycles. The number of ether oxygens (including phenoxy) is 3. The standard InChI is InChI=1S/C19H23NO6/c1-11(21)16-17(12-6-7-14(24-2)15(9-12)25-3)20(19(23)18(16)22)10-13-5-4-8-26-13/h6-7,9,13,17,22H,4-5,8,10H2,1-3H3/t13-,17+/m1/s1. The fourth-order valence-corrected chi connectivity index (χ4v) is 3.58. The number of hydrogen-bond donors (Lipinski definition) is 1. The summed E-state index contributed by atoms with van der Waals surface area (Å²) in [6, 6.07) is 4.53. The normalized spacial score (nSPS) is 22.9. The summed E-state index contributed by atoms with van der Waals surface area (Å²) in [6.07, 6.45) is 1.69. The quantitative estimate of drug-likeness (QED) is 0.836. The molecule has 0 radical (unpaired) electrons. The highest BCUT2D eigenvalue weighted by Crippen LogP contribution is 2.41. The zero-order valence-corrected chi connectivity index (χ0v) is 15.2. The molecule has 2 aliphatic heterocycles. The second-order valence-electron chi connectivity index (χ2n) is 6.43. The molecule has 1 fully saturated rings. The lowest BCUT2D eigenvalue weighted by Gasteiger charge is -2.29. The number of rotatable bonds is 6. The molecule has 140 valence electrons. The first-order valence-electron chi connectivity index (χ1n) is 8.56. The first-order chi connectivity index (χ1) is 12.5. The van der Waals surface area contributed by atoms with Gasteiger partial charge in [-0.3, -0.25) is 9.59 Å². The van der Waals surface area contributed by atoms with Gasteiger partial charge in [0.15, 0.2) is 23.0 Å². The Morgan fingerprint density at radius 2 is 2.04 bits per heavy atom. The van der Waals surface area contributed by atoms with Crippen LogP contribution in [0, 0.1) is 0 Å². The Morgan fingerprint density at radius 3 is 2.62 bits per heavy atom. The molecule has 7 heteroatoms. The number of aliphatic hydroxyl groups excluding tert-OH is 1. The minimum Gasteiger partial charge on any atom is -0.503 e. The Balaban J connectivity index is 2.02. The Morgan fingerprint density at radius 1 is 1.31 bits per heavy atom. The Labute approximate surface area is 152 Å². The average molecular weight is 361 g/mol. The summed E-state index contributed by atoms with van der Waals surface area (Å²) in [6.45, 7) is 2.33. The lowest BCUT2D eigenvalue weighted by atomic mass is 9.96. The largest absolute Gasteiger partial charge is 0.503 e. The van der Waals surface area contributed by atoms with Crippen LogP contribution in [0.15, 0.2) is 29.5 Å². The lowest BCUT2D eigenvalue weighted by molar-refractivity contribution is -0.131. The van der Waals surface area contributed by atoms with Crippen molar-refractivity contribution in [2.45, 2.75) is 31.9 Å². The van der Waals surface area contributed by atoms with E-state index in [-0.39, 0.29) is 17.5 Å². The summed E-state index contributed by atoms with van der Waals surface area (Å²) >= 11 is 0. The van der Waals surface area contributed by atoms with Gasteiger partial charge in [0.2, 0.25) is 0 Å². The molecular formula is C19H23NO6. The second kappa shape index (κ2) is 7.37. The van der Waals surface area contributed by atoms with Crippen LogP contribution >= 0.6 is 0 Å². The molecule has 3 rings (SSSR count). The molecule has 0 saturated carbocycles. The highest BCUT2D eigenvalue weighted by atomic mass is 16.5. The van der Waals surface area contributed by atoms with E-state index < -0.39 is 17.7 Å². The van der Waals surface area contributed by atoms with Gasteiger partial charge in [-0.25, -0.2) is 0 Å². The van der Waals surface area contributed by atoms with Crippen molar-refractivity contribution in [1.29, 1.82) is 0 Å². The number of Topliss-reactive ketones (excluding diaryl/α,β-unsaturated/α-hetero) is 1. The summed E-state index contributed by atoms with van der Waals surface area (Å²) in [5, 5.41) is 10.3. The highest BCUT2D eigenvalue weighted by molar-refractivity contribution is 6.08. The molecule has 26 heavy (non-hydrogen) atoms. The smallest absolute Gasteiger partial charge is 0.290 e. The third-order valence-corrected chi connectivity index (χ3v) is 4.83. The molecule has 1 aromatic rings. The molecule has 2 aliphatic rings. The Kier molecular flexibility index (Phi) is 5.18. The van der Waals surface area contributed by atoms with Gasteiger partial charge in [0.05, 0.1) is 31.9 Å². The first kappa shape index (κ1) is 18.3. The molecule has 7 nitrogen and oxygen atoms in total. The summed E-state index contributed by atoms with van der Waals surface area (Å²) in [7, 11) is 3.05. The van der Waals surface area contributed by atoms with Crippen molar-refractivity contribution in [3.05, 3.63) is 35.1 Å². The van der Waals surface area contributed by atoms with Crippen LogP contribution in [-0.2, 0) is 14.3 Å². The van der Waals surface area contributed by atoms with Crippen molar-refractivity contribution in [3.8, 4) is 11.5 Å². The minimum absolute atomic E-state index is 0.0966. The van der Waals surface area contributed by atoms with Crippen molar-refractivity contribution < 1.29 is 28.9 Å². The fraction of sp³-hybridized carbons (Fsp3) is 0.474. The fourth-order valence-electron chi connectivity index (χ4n) is 3.58. The number of methoxy groups -OCH3 is 2. The summed E-state index contributed by atoms with van der Waals surface area (Å²) in [5.41, 5.74) is 0.767. The average Bonchev–Trinajstić information content (AvgIpc) is 3.23. The number of carbonyl (C=O) groups excluding carboxylic acids is 2. The van der Waals surface area contributed by atoms with E-state index >= 15 is 0 Å². The van der Waals surface area contributed by atoms with E-state index in [1.54, 1.807) is 18.2 Å². The van der Waals surface area contributed by atoms with Gasteiger partial charge in [-0.05, 0) is 37.5 Å². The lowest BCUT2D eigenvalue weighted by Crippen LogP contribution is -2.37. The topological polar surface area (TPSA) is 85.3 Å². The monoisotopic (exact) mass is 361 g/mol. The van der Waals surface area contributed by atoms with Crippen LogP contribution in [0.5, 0.6) is 11.5 Å². The number of ketones is 1. The van der Waals surface area contributed by atoms with Crippen LogP contribution in [0.2, 0.25) is 0 Å². The Hall–Kier alpha value is -2.54. The molecule has 0 spiro atoms. The van der Waals surface area contributed by atoms with Crippen molar-refractivity contribution in [2.24, 2.45) is 0 Å². The van der Waals surface area contributed by atoms with Crippen LogP contribution in [-0.4, -0.2) is 55.2 Å². The summed E-state index contributed by atoms with van der Waals surface area (Å²) in [5.74, 6) is -0.348. The SMILES string of the molecule is COc1ccc([C@H]2C(C(C)=O)=C(O)C(=O)N2C[C@H]2CCCO2)cc1OC. The van der Waals surface area contributed by atoms with E-state index in [1.807, 2.05) is 0 Å². The summed E-state index contributed by atoms with van der Waals surface area (Å²) in [4.78, 5) is 26.3. The van der Waals surface area contributed by atoms with Gasteiger partial charge in [0.25, 0.3) is 5.91 Å². The third-order valence-electron chi connectivity index (χ3n) is 4.83. The van der Waals surface area contributed by atoms with Gasteiger partial charge in [0, 0.05) is 13.2 Å². The third kappa shape index (κ3) is 3.14. The molecule has 1 aromatic carbocycles. The van der Waals surface area contributed by atoms with Gasteiger partial charge >= 0.3 is 0 Å². The minimum atomic E-state index is -0.677. The van der Waals surface area contributed by atoms with Crippen LogP contribution in [0.25, 0.3) is 0 Å². The predicted octanol–water partition coefficient (Wildman–Crippen LogP) is 2.17. The zero-order chi connectivity index (χ0) is 18.8. The van der Waals surface area contributed by atoms with Crippen LogP contribution in [0.1, 0.15) is 31.4 Å². The molecule has 0 aliphatic carbocycles. The number of benzene rings is 1. The maximum absolute atomic E-state index is 12.6. The van der Waals surface area contributed by atoms with Crippen molar-refractivity contribution in [2.75, 3.05) is 27.4 Å².